The Balaban J connectivity index is 2.00. The van der Waals surface area contributed by atoms with Crippen molar-refractivity contribution in [3.05, 3.63) is 0 Å². The van der Waals surface area contributed by atoms with Crippen molar-refractivity contribution in [1.29, 1.82) is 0 Å². The highest BCUT2D eigenvalue weighted by Gasteiger charge is 2.66. The molecule has 3 aliphatic rings. The first-order valence-corrected chi connectivity index (χ1v) is 7.88. The third kappa shape index (κ3) is 1.71. The SMILES string of the molecule is CC1(C)O[C@]23CC1CCC2(I)CC[C@](C)(O)C3. The van der Waals surface area contributed by atoms with Gasteiger partial charge in [0.1, 0.15) is 0 Å². The molecular formula is C14H23IO2. The second kappa shape index (κ2) is 3.40. The van der Waals surface area contributed by atoms with Crippen molar-refractivity contribution < 1.29 is 9.84 Å². The van der Waals surface area contributed by atoms with Gasteiger partial charge in [-0.15, -0.1) is 0 Å². The van der Waals surface area contributed by atoms with Gasteiger partial charge in [0.05, 0.1) is 20.2 Å². The average Bonchev–Trinajstić information content (AvgIpc) is 2.38. The van der Waals surface area contributed by atoms with Gasteiger partial charge in [0.25, 0.3) is 0 Å². The molecule has 98 valence electrons. The van der Waals surface area contributed by atoms with E-state index in [-0.39, 0.29) is 14.6 Å². The van der Waals surface area contributed by atoms with E-state index in [0.29, 0.717) is 5.92 Å². The number of hydrogen-bond donors (Lipinski definition) is 1. The molecule has 0 aromatic carbocycles. The van der Waals surface area contributed by atoms with Crippen LogP contribution in [0.5, 0.6) is 0 Å². The summed E-state index contributed by atoms with van der Waals surface area (Å²) in [4.78, 5) is 0. The highest BCUT2D eigenvalue weighted by atomic mass is 127. The molecule has 2 nitrogen and oxygen atoms in total. The fourth-order valence-electron chi connectivity index (χ4n) is 4.42. The molecule has 2 bridgehead atoms. The summed E-state index contributed by atoms with van der Waals surface area (Å²) >= 11 is 2.64. The molecule has 2 unspecified atom stereocenters. The van der Waals surface area contributed by atoms with Crippen LogP contribution in [-0.4, -0.2) is 25.3 Å². The molecule has 2 aliphatic carbocycles. The second-order valence-electron chi connectivity index (χ2n) is 7.28. The Hall–Kier alpha value is 0.650. The maximum atomic E-state index is 10.4. The van der Waals surface area contributed by atoms with Crippen molar-refractivity contribution in [2.45, 2.75) is 79.5 Å². The Morgan fingerprint density at radius 3 is 2.59 bits per heavy atom. The fraction of sp³-hybridized carbons (Fsp3) is 1.00. The highest BCUT2D eigenvalue weighted by Crippen LogP contribution is 2.64. The van der Waals surface area contributed by atoms with Crippen LogP contribution >= 0.6 is 22.6 Å². The molecule has 17 heavy (non-hydrogen) atoms. The molecule has 2 saturated carbocycles. The van der Waals surface area contributed by atoms with Crippen molar-refractivity contribution in [3.8, 4) is 0 Å². The fourth-order valence-corrected chi connectivity index (χ4v) is 5.52. The molecule has 1 aliphatic heterocycles. The van der Waals surface area contributed by atoms with Crippen molar-refractivity contribution in [2.75, 3.05) is 0 Å². The molecule has 3 fully saturated rings. The summed E-state index contributed by atoms with van der Waals surface area (Å²) in [7, 11) is 0. The number of ether oxygens (including phenoxy) is 1. The van der Waals surface area contributed by atoms with Gasteiger partial charge in [-0.05, 0) is 58.8 Å². The Morgan fingerprint density at radius 2 is 1.88 bits per heavy atom. The molecule has 0 aromatic heterocycles. The molecular weight excluding hydrogens is 327 g/mol. The molecule has 1 heterocycles. The normalized spacial score (nSPS) is 56.6. The lowest BCUT2D eigenvalue weighted by atomic mass is 9.61. The number of aliphatic hydroxyl groups is 1. The van der Waals surface area contributed by atoms with Gasteiger partial charge in [0.2, 0.25) is 0 Å². The van der Waals surface area contributed by atoms with Gasteiger partial charge in [0, 0.05) is 6.42 Å². The first-order valence-electron chi connectivity index (χ1n) is 6.80. The van der Waals surface area contributed by atoms with Gasteiger partial charge >= 0.3 is 0 Å². The lowest BCUT2D eigenvalue weighted by Gasteiger charge is -2.54. The van der Waals surface area contributed by atoms with E-state index in [1.807, 2.05) is 6.92 Å². The van der Waals surface area contributed by atoms with Crippen molar-refractivity contribution in [3.63, 3.8) is 0 Å². The molecule has 3 rings (SSSR count). The summed E-state index contributed by atoms with van der Waals surface area (Å²) in [6.07, 6.45) is 6.55. The van der Waals surface area contributed by atoms with E-state index in [1.54, 1.807) is 0 Å². The smallest absolute Gasteiger partial charge is 0.0865 e. The van der Waals surface area contributed by atoms with Crippen LogP contribution in [0, 0.1) is 5.92 Å². The summed E-state index contributed by atoms with van der Waals surface area (Å²) in [6, 6.07) is 0. The van der Waals surface area contributed by atoms with E-state index in [0.717, 1.165) is 25.7 Å². The van der Waals surface area contributed by atoms with Gasteiger partial charge < -0.3 is 9.84 Å². The van der Waals surface area contributed by atoms with Crippen LogP contribution in [0.25, 0.3) is 0 Å². The van der Waals surface area contributed by atoms with Crippen molar-refractivity contribution >= 4 is 22.6 Å². The standard InChI is InChI=1S/C14H23IO2/c1-11(2)10-4-5-13(15)7-6-12(3,16)9-14(13,8-10)17-11/h10,16H,4-9H2,1-3H3/t10?,12-,13?,14-/m0/s1. The van der Waals surface area contributed by atoms with E-state index >= 15 is 0 Å². The van der Waals surface area contributed by atoms with Crippen molar-refractivity contribution in [2.24, 2.45) is 5.92 Å². The van der Waals surface area contributed by atoms with Gasteiger partial charge in [-0.25, -0.2) is 0 Å². The van der Waals surface area contributed by atoms with Crippen LogP contribution in [0.1, 0.15) is 59.3 Å². The van der Waals surface area contributed by atoms with E-state index in [1.165, 1.54) is 12.8 Å². The Morgan fingerprint density at radius 1 is 1.18 bits per heavy atom. The molecule has 1 saturated heterocycles. The Kier molecular flexibility index (Phi) is 2.53. The van der Waals surface area contributed by atoms with Gasteiger partial charge in [0.15, 0.2) is 0 Å². The lowest BCUT2D eigenvalue weighted by Crippen LogP contribution is -2.59. The number of rotatable bonds is 0. The van der Waals surface area contributed by atoms with Gasteiger partial charge in [-0.3, -0.25) is 0 Å². The maximum absolute atomic E-state index is 10.4. The van der Waals surface area contributed by atoms with Crippen LogP contribution < -0.4 is 0 Å². The molecule has 4 atom stereocenters. The van der Waals surface area contributed by atoms with Crippen LogP contribution in [0.15, 0.2) is 0 Å². The Labute approximate surface area is 118 Å². The first kappa shape index (κ1) is 12.7. The van der Waals surface area contributed by atoms with Crippen LogP contribution in [0.4, 0.5) is 0 Å². The molecule has 3 heteroatoms. The Bertz CT molecular complexity index is 348. The molecule has 0 radical (unpaired) electrons. The first-order chi connectivity index (χ1) is 7.68. The summed E-state index contributed by atoms with van der Waals surface area (Å²) < 4.78 is 6.80. The molecule has 0 aromatic rings. The van der Waals surface area contributed by atoms with Gasteiger partial charge in [-0.1, -0.05) is 22.6 Å². The van der Waals surface area contributed by atoms with Crippen molar-refractivity contribution in [1.82, 2.24) is 0 Å². The molecule has 1 N–H and O–H groups in total. The topological polar surface area (TPSA) is 29.5 Å². The third-order valence-corrected chi connectivity index (χ3v) is 7.51. The van der Waals surface area contributed by atoms with Crippen LogP contribution in [0.3, 0.4) is 0 Å². The zero-order chi connectivity index (χ0) is 12.5. The summed E-state index contributed by atoms with van der Waals surface area (Å²) in [5, 5.41) is 10.4. The summed E-state index contributed by atoms with van der Waals surface area (Å²) in [6.45, 7) is 6.45. The summed E-state index contributed by atoms with van der Waals surface area (Å²) in [5.74, 6) is 0.680. The molecule has 1 spiro atoms. The largest absolute Gasteiger partial charge is 0.390 e. The second-order valence-corrected chi connectivity index (χ2v) is 9.34. The zero-order valence-corrected chi connectivity index (χ0v) is 13.2. The number of hydrogen-bond acceptors (Lipinski definition) is 2. The van der Waals surface area contributed by atoms with Crippen LogP contribution in [0.2, 0.25) is 0 Å². The van der Waals surface area contributed by atoms with E-state index in [2.05, 4.69) is 36.4 Å². The minimum Gasteiger partial charge on any atom is -0.390 e. The van der Waals surface area contributed by atoms with E-state index in [9.17, 15) is 5.11 Å². The highest BCUT2D eigenvalue weighted by molar-refractivity contribution is 14.1. The minimum absolute atomic E-state index is 0.000339. The maximum Gasteiger partial charge on any atom is 0.0865 e. The predicted molar refractivity (Wildman–Crippen MR) is 76.5 cm³/mol. The average molecular weight is 350 g/mol. The zero-order valence-electron chi connectivity index (χ0n) is 11.1. The lowest BCUT2D eigenvalue weighted by molar-refractivity contribution is -0.157. The minimum atomic E-state index is -0.531. The number of halogens is 1. The quantitative estimate of drug-likeness (QED) is 0.536. The van der Waals surface area contributed by atoms with E-state index < -0.39 is 5.60 Å². The monoisotopic (exact) mass is 350 g/mol. The third-order valence-electron chi connectivity index (χ3n) is 5.45. The summed E-state index contributed by atoms with van der Waals surface area (Å²) in [5.41, 5.74) is -0.598. The van der Waals surface area contributed by atoms with E-state index in [4.69, 9.17) is 4.74 Å². The van der Waals surface area contributed by atoms with Gasteiger partial charge in [-0.2, -0.15) is 0 Å². The van der Waals surface area contributed by atoms with Crippen LogP contribution in [-0.2, 0) is 4.74 Å². The number of fused-ring (bicyclic) bond motifs is 1. The number of alkyl halides is 1. The molecule has 0 amide bonds. The predicted octanol–water partition coefficient (Wildman–Crippen LogP) is 3.44.